The molecule has 3 N–H and O–H groups in total. The number of carbonyl (C=O) groups excluding carboxylic acids is 1. The summed E-state index contributed by atoms with van der Waals surface area (Å²) in [6.07, 6.45) is -4.43. The van der Waals surface area contributed by atoms with Crippen LogP contribution in [0.2, 0.25) is 0 Å². The lowest BCUT2D eigenvalue weighted by molar-refractivity contribution is -0.137. The van der Waals surface area contributed by atoms with Crippen LogP contribution in [0.4, 0.5) is 13.2 Å². The van der Waals surface area contributed by atoms with E-state index >= 15 is 0 Å². The number of primary amides is 1. The summed E-state index contributed by atoms with van der Waals surface area (Å²) in [6, 6.07) is 3.17. The number of halogens is 3. The van der Waals surface area contributed by atoms with Gasteiger partial charge in [-0.15, -0.1) is 0 Å². The standard InChI is InChI=1S/C11H12F3N5O/c12-11(13,14)8-3-1-7(2-4-8)9(10(15)20)17-5-6-18-19-16/h1-4,9,17H,5-6H2,(H2,15,20). The number of carbonyl (C=O) groups is 1. The van der Waals surface area contributed by atoms with Gasteiger partial charge in [0.15, 0.2) is 0 Å². The molecule has 0 heterocycles. The van der Waals surface area contributed by atoms with Crippen molar-refractivity contribution in [1.29, 1.82) is 0 Å². The number of benzene rings is 1. The third-order valence-corrected chi connectivity index (χ3v) is 2.48. The maximum Gasteiger partial charge on any atom is 0.416 e. The molecule has 0 bridgehead atoms. The van der Waals surface area contributed by atoms with E-state index in [1.54, 1.807) is 0 Å². The monoisotopic (exact) mass is 287 g/mol. The van der Waals surface area contributed by atoms with Crippen LogP contribution in [-0.2, 0) is 11.0 Å². The second-order valence-electron chi connectivity index (χ2n) is 3.86. The van der Waals surface area contributed by atoms with E-state index in [2.05, 4.69) is 15.3 Å². The van der Waals surface area contributed by atoms with Gasteiger partial charge in [-0.05, 0) is 23.2 Å². The smallest absolute Gasteiger partial charge is 0.368 e. The normalized spacial score (nSPS) is 12.6. The molecular weight excluding hydrogens is 275 g/mol. The SMILES string of the molecule is [N-]=[N+]=NCCNC(C(N)=O)c1ccc(C(F)(F)F)cc1. The minimum atomic E-state index is -4.43. The lowest BCUT2D eigenvalue weighted by Crippen LogP contribution is -2.35. The molecule has 0 aliphatic carbocycles. The molecule has 0 aromatic heterocycles. The van der Waals surface area contributed by atoms with Crippen LogP contribution in [0, 0.1) is 0 Å². The molecule has 1 unspecified atom stereocenters. The molecule has 1 aromatic rings. The van der Waals surface area contributed by atoms with Crippen molar-refractivity contribution in [2.24, 2.45) is 10.8 Å². The van der Waals surface area contributed by atoms with Gasteiger partial charge in [0.1, 0.15) is 6.04 Å². The minimum absolute atomic E-state index is 0.0981. The maximum absolute atomic E-state index is 12.4. The van der Waals surface area contributed by atoms with Gasteiger partial charge in [0, 0.05) is 18.0 Å². The Morgan fingerprint density at radius 1 is 1.40 bits per heavy atom. The molecule has 0 fully saturated rings. The number of amides is 1. The van der Waals surface area contributed by atoms with Gasteiger partial charge in [-0.25, -0.2) is 0 Å². The summed E-state index contributed by atoms with van der Waals surface area (Å²) >= 11 is 0. The quantitative estimate of drug-likeness (QED) is 0.362. The van der Waals surface area contributed by atoms with Crippen molar-refractivity contribution in [3.63, 3.8) is 0 Å². The summed E-state index contributed by atoms with van der Waals surface area (Å²) in [5, 5.41) is 5.97. The number of hydrogen-bond donors (Lipinski definition) is 2. The third kappa shape index (κ3) is 4.45. The number of hydrogen-bond acceptors (Lipinski definition) is 3. The molecular formula is C11H12F3N5O. The molecule has 108 valence electrons. The first-order valence-electron chi connectivity index (χ1n) is 5.57. The van der Waals surface area contributed by atoms with Gasteiger partial charge in [0.05, 0.1) is 5.56 Å². The number of rotatable bonds is 6. The molecule has 0 saturated carbocycles. The zero-order valence-electron chi connectivity index (χ0n) is 10.3. The molecule has 0 saturated heterocycles. The van der Waals surface area contributed by atoms with Crippen molar-refractivity contribution in [2.75, 3.05) is 13.1 Å². The van der Waals surface area contributed by atoms with E-state index in [0.717, 1.165) is 12.1 Å². The third-order valence-electron chi connectivity index (χ3n) is 2.48. The summed E-state index contributed by atoms with van der Waals surface area (Å²) in [5.74, 6) is -0.731. The minimum Gasteiger partial charge on any atom is -0.368 e. The molecule has 0 spiro atoms. The number of nitrogens with zero attached hydrogens (tertiary/aromatic N) is 3. The van der Waals surface area contributed by atoms with Crippen molar-refractivity contribution in [2.45, 2.75) is 12.2 Å². The van der Waals surface area contributed by atoms with Gasteiger partial charge in [-0.2, -0.15) is 13.2 Å². The van der Waals surface area contributed by atoms with Gasteiger partial charge in [0.25, 0.3) is 0 Å². The average molecular weight is 287 g/mol. The number of azide groups is 1. The Balaban J connectivity index is 2.82. The number of nitrogens with one attached hydrogen (secondary N) is 1. The Morgan fingerprint density at radius 3 is 2.45 bits per heavy atom. The van der Waals surface area contributed by atoms with Crippen molar-refractivity contribution in [3.05, 3.63) is 45.8 Å². The summed E-state index contributed by atoms with van der Waals surface area (Å²) in [4.78, 5) is 13.8. The van der Waals surface area contributed by atoms with E-state index < -0.39 is 23.7 Å². The zero-order valence-corrected chi connectivity index (χ0v) is 10.3. The van der Waals surface area contributed by atoms with Crippen molar-refractivity contribution in [1.82, 2.24) is 5.32 Å². The van der Waals surface area contributed by atoms with E-state index in [4.69, 9.17) is 11.3 Å². The fourth-order valence-electron chi connectivity index (χ4n) is 1.55. The summed E-state index contributed by atoms with van der Waals surface area (Å²) in [5.41, 5.74) is 12.8. The molecule has 9 heteroatoms. The molecule has 20 heavy (non-hydrogen) atoms. The lowest BCUT2D eigenvalue weighted by Gasteiger charge is -2.16. The largest absolute Gasteiger partial charge is 0.416 e. The van der Waals surface area contributed by atoms with Crippen molar-refractivity contribution in [3.8, 4) is 0 Å². The molecule has 0 aliphatic rings. The zero-order chi connectivity index (χ0) is 15.2. The lowest BCUT2D eigenvalue weighted by atomic mass is 10.0. The van der Waals surface area contributed by atoms with Crippen LogP contribution in [0.3, 0.4) is 0 Å². The topological polar surface area (TPSA) is 104 Å². The Morgan fingerprint density at radius 2 is 2.00 bits per heavy atom. The van der Waals surface area contributed by atoms with E-state index in [1.807, 2.05) is 0 Å². The first-order valence-corrected chi connectivity index (χ1v) is 5.57. The Kier molecular flexibility index (Phi) is 5.36. The van der Waals surface area contributed by atoms with Crippen LogP contribution in [0.15, 0.2) is 29.4 Å². The molecule has 6 nitrogen and oxygen atoms in total. The Bertz CT molecular complexity index is 508. The van der Waals surface area contributed by atoms with Gasteiger partial charge < -0.3 is 11.1 Å². The average Bonchev–Trinajstić information content (AvgIpc) is 2.37. The van der Waals surface area contributed by atoms with E-state index in [-0.39, 0.29) is 13.1 Å². The van der Waals surface area contributed by atoms with Crippen LogP contribution in [0.5, 0.6) is 0 Å². The second kappa shape index (κ2) is 6.78. The van der Waals surface area contributed by atoms with Gasteiger partial charge in [-0.1, -0.05) is 17.2 Å². The first kappa shape index (κ1) is 15.8. The van der Waals surface area contributed by atoms with Gasteiger partial charge in [-0.3, -0.25) is 4.79 Å². The van der Waals surface area contributed by atoms with Crippen LogP contribution < -0.4 is 11.1 Å². The second-order valence-corrected chi connectivity index (χ2v) is 3.86. The maximum atomic E-state index is 12.4. The highest BCUT2D eigenvalue weighted by molar-refractivity contribution is 5.81. The summed E-state index contributed by atoms with van der Waals surface area (Å²) < 4.78 is 37.2. The Labute approximate surface area is 112 Å². The number of nitrogens with two attached hydrogens (primary N) is 1. The van der Waals surface area contributed by atoms with Crippen molar-refractivity contribution < 1.29 is 18.0 Å². The molecule has 0 radical (unpaired) electrons. The van der Waals surface area contributed by atoms with Gasteiger partial charge >= 0.3 is 6.18 Å². The fraction of sp³-hybridized carbons (Fsp3) is 0.364. The van der Waals surface area contributed by atoms with E-state index in [1.165, 1.54) is 12.1 Å². The molecule has 1 amide bonds. The molecule has 0 aliphatic heterocycles. The molecule has 1 atom stereocenters. The van der Waals surface area contributed by atoms with Crippen LogP contribution in [0.1, 0.15) is 17.2 Å². The van der Waals surface area contributed by atoms with E-state index in [9.17, 15) is 18.0 Å². The highest BCUT2D eigenvalue weighted by atomic mass is 19.4. The summed E-state index contributed by atoms with van der Waals surface area (Å²) in [6.45, 7) is 0.277. The predicted molar refractivity (Wildman–Crippen MR) is 65.4 cm³/mol. The van der Waals surface area contributed by atoms with Crippen LogP contribution in [0.25, 0.3) is 10.4 Å². The highest BCUT2D eigenvalue weighted by Gasteiger charge is 2.30. The number of alkyl halides is 3. The first-order chi connectivity index (χ1) is 9.36. The van der Waals surface area contributed by atoms with Crippen LogP contribution in [-0.4, -0.2) is 19.0 Å². The predicted octanol–water partition coefficient (Wildman–Crippen LogP) is 2.13. The van der Waals surface area contributed by atoms with E-state index in [0.29, 0.717) is 5.56 Å². The molecule has 1 rings (SSSR count). The molecule has 1 aromatic carbocycles. The summed E-state index contributed by atoms with van der Waals surface area (Å²) in [7, 11) is 0. The highest BCUT2D eigenvalue weighted by Crippen LogP contribution is 2.29. The Hall–Kier alpha value is -2.25. The fourth-order valence-corrected chi connectivity index (χ4v) is 1.55. The van der Waals surface area contributed by atoms with Crippen LogP contribution >= 0.6 is 0 Å². The van der Waals surface area contributed by atoms with Gasteiger partial charge in [0.2, 0.25) is 5.91 Å². The van der Waals surface area contributed by atoms with Crippen molar-refractivity contribution >= 4 is 5.91 Å².